The maximum absolute atomic E-state index is 12.5. The molecule has 2 N–H and O–H groups in total. The number of benzene rings is 1. The van der Waals surface area contributed by atoms with Crippen molar-refractivity contribution in [2.24, 2.45) is 5.92 Å². The number of carbonyl (C=O) groups is 2. The van der Waals surface area contributed by atoms with Gasteiger partial charge in [0, 0.05) is 37.7 Å². The van der Waals surface area contributed by atoms with Crippen molar-refractivity contribution in [3.8, 4) is 0 Å². The van der Waals surface area contributed by atoms with Crippen molar-refractivity contribution >= 4 is 21.8 Å². The van der Waals surface area contributed by atoms with Gasteiger partial charge in [-0.1, -0.05) is 19.3 Å². The smallest absolute Gasteiger partial charge is 0.251 e. The Bertz CT molecular complexity index is 780. The van der Waals surface area contributed by atoms with Crippen molar-refractivity contribution in [1.29, 1.82) is 0 Å². The molecule has 0 unspecified atom stereocenters. The first-order chi connectivity index (χ1) is 13.5. The molecule has 0 atom stereocenters. The third-order valence-electron chi connectivity index (χ3n) is 5.51. The standard InChI is InChI=1S/C20H29N3O4S/c24-19(16-6-2-1-3-7-16)21-12-13-22-20(25)17-8-10-18(11-9-17)28(26,27)23-14-4-5-15-23/h8-11,16H,1-7,12-15H2,(H,21,24)(H,22,25). The molecule has 0 spiro atoms. The molecule has 2 fully saturated rings. The van der Waals surface area contributed by atoms with Gasteiger partial charge in [0.05, 0.1) is 4.90 Å². The Morgan fingerprint density at radius 3 is 2.14 bits per heavy atom. The number of hydrogen-bond donors (Lipinski definition) is 2. The summed E-state index contributed by atoms with van der Waals surface area (Å²) < 4.78 is 26.5. The molecule has 1 aliphatic heterocycles. The number of nitrogens with zero attached hydrogens (tertiary/aromatic N) is 1. The fourth-order valence-electron chi connectivity index (χ4n) is 3.83. The summed E-state index contributed by atoms with van der Waals surface area (Å²) in [5.41, 5.74) is 0.402. The van der Waals surface area contributed by atoms with Crippen molar-refractivity contribution in [1.82, 2.24) is 14.9 Å². The van der Waals surface area contributed by atoms with Crippen molar-refractivity contribution in [2.45, 2.75) is 49.8 Å². The van der Waals surface area contributed by atoms with Crippen LogP contribution in [0.25, 0.3) is 0 Å². The van der Waals surface area contributed by atoms with Crippen LogP contribution in [-0.4, -0.2) is 50.7 Å². The summed E-state index contributed by atoms with van der Waals surface area (Å²) in [6, 6.07) is 6.01. The first-order valence-corrected chi connectivity index (χ1v) is 11.6. The molecule has 0 aromatic heterocycles. The third kappa shape index (κ3) is 5.11. The minimum absolute atomic E-state index is 0.0745. The first-order valence-electron chi connectivity index (χ1n) is 10.1. The number of carbonyl (C=O) groups excluding carboxylic acids is 2. The van der Waals surface area contributed by atoms with Gasteiger partial charge in [0.1, 0.15) is 0 Å². The van der Waals surface area contributed by atoms with Gasteiger partial charge in [-0.25, -0.2) is 8.42 Å². The lowest BCUT2D eigenvalue weighted by Gasteiger charge is -2.20. The number of sulfonamides is 1. The van der Waals surface area contributed by atoms with Crippen LogP contribution in [0, 0.1) is 5.92 Å². The van der Waals surface area contributed by atoms with E-state index in [-0.39, 0.29) is 22.6 Å². The fraction of sp³-hybridized carbons (Fsp3) is 0.600. The topological polar surface area (TPSA) is 95.6 Å². The molecule has 0 radical (unpaired) electrons. The molecule has 1 saturated carbocycles. The molecule has 8 heteroatoms. The van der Waals surface area contributed by atoms with E-state index in [2.05, 4.69) is 10.6 Å². The lowest BCUT2D eigenvalue weighted by Crippen LogP contribution is -2.38. The monoisotopic (exact) mass is 407 g/mol. The molecular formula is C20H29N3O4S. The average Bonchev–Trinajstić information content (AvgIpc) is 3.27. The van der Waals surface area contributed by atoms with E-state index in [9.17, 15) is 18.0 Å². The van der Waals surface area contributed by atoms with E-state index in [1.165, 1.54) is 35.0 Å². The minimum atomic E-state index is -3.47. The second-order valence-electron chi connectivity index (χ2n) is 7.52. The Kier molecular flexibility index (Phi) is 7.07. The van der Waals surface area contributed by atoms with Crippen LogP contribution in [0.5, 0.6) is 0 Å². The lowest BCUT2D eigenvalue weighted by atomic mass is 9.89. The zero-order chi connectivity index (χ0) is 20.0. The molecule has 0 bridgehead atoms. The zero-order valence-corrected chi connectivity index (χ0v) is 17.0. The quantitative estimate of drug-likeness (QED) is 0.675. The molecule has 1 aliphatic carbocycles. The minimum Gasteiger partial charge on any atom is -0.354 e. The molecule has 2 aliphatic rings. The second-order valence-corrected chi connectivity index (χ2v) is 9.46. The van der Waals surface area contributed by atoms with Gasteiger partial charge in [-0.15, -0.1) is 0 Å². The number of hydrogen-bond acceptors (Lipinski definition) is 4. The molecule has 154 valence electrons. The van der Waals surface area contributed by atoms with Crippen LogP contribution in [-0.2, 0) is 14.8 Å². The van der Waals surface area contributed by atoms with Gasteiger partial charge in [0.2, 0.25) is 15.9 Å². The summed E-state index contributed by atoms with van der Waals surface area (Å²) >= 11 is 0. The highest BCUT2D eigenvalue weighted by Crippen LogP contribution is 2.23. The van der Waals surface area contributed by atoms with E-state index in [1.54, 1.807) is 0 Å². The summed E-state index contributed by atoms with van der Waals surface area (Å²) in [5, 5.41) is 5.64. The average molecular weight is 408 g/mol. The highest BCUT2D eigenvalue weighted by atomic mass is 32.2. The summed E-state index contributed by atoms with van der Waals surface area (Å²) in [5.74, 6) is -0.1000. The van der Waals surface area contributed by atoms with Gasteiger partial charge in [-0.05, 0) is 49.9 Å². The summed E-state index contributed by atoms with van der Waals surface area (Å²) in [7, 11) is -3.47. The van der Waals surface area contributed by atoms with E-state index in [0.29, 0.717) is 31.7 Å². The molecule has 1 aromatic rings. The van der Waals surface area contributed by atoms with Gasteiger partial charge < -0.3 is 10.6 Å². The Labute approximate surface area is 166 Å². The van der Waals surface area contributed by atoms with Crippen LogP contribution in [0.4, 0.5) is 0 Å². The molecule has 1 aromatic carbocycles. The van der Waals surface area contributed by atoms with Crippen LogP contribution in [0.1, 0.15) is 55.3 Å². The maximum atomic E-state index is 12.5. The Morgan fingerprint density at radius 2 is 1.50 bits per heavy atom. The van der Waals surface area contributed by atoms with Crippen LogP contribution in [0.15, 0.2) is 29.2 Å². The predicted molar refractivity (Wildman–Crippen MR) is 106 cm³/mol. The Hall–Kier alpha value is -1.93. The van der Waals surface area contributed by atoms with Crippen LogP contribution < -0.4 is 10.6 Å². The second kappa shape index (κ2) is 9.52. The molecule has 3 rings (SSSR count). The van der Waals surface area contributed by atoms with Crippen molar-refractivity contribution in [2.75, 3.05) is 26.2 Å². The molecule has 2 amide bonds. The van der Waals surface area contributed by atoms with Gasteiger partial charge in [-0.3, -0.25) is 9.59 Å². The normalized spacial score (nSPS) is 18.7. The van der Waals surface area contributed by atoms with E-state index in [4.69, 9.17) is 0 Å². The van der Waals surface area contributed by atoms with Crippen LogP contribution >= 0.6 is 0 Å². The maximum Gasteiger partial charge on any atom is 0.251 e. The highest BCUT2D eigenvalue weighted by Gasteiger charge is 2.27. The molecule has 1 saturated heterocycles. The van der Waals surface area contributed by atoms with Crippen LogP contribution in [0.2, 0.25) is 0 Å². The van der Waals surface area contributed by atoms with Crippen molar-refractivity contribution in [3.63, 3.8) is 0 Å². The number of rotatable bonds is 7. The number of nitrogens with one attached hydrogen (secondary N) is 2. The molecule has 7 nitrogen and oxygen atoms in total. The third-order valence-corrected chi connectivity index (χ3v) is 7.42. The van der Waals surface area contributed by atoms with Gasteiger partial charge >= 0.3 is 0 Å². The summed E-state index contributed by atoms with van der Waals surface area (Å²) in [4.78, 5) is 24.5. The summed E-state index contributed by atoms with van der Waals surface area (Å²) in [6.07, 6.45) is 7.10. The number of amides is 2. The highest BCUT2D eigenvalue weighted by molar-refractivity contribution is 7.89. The van der Waals surface area contributed by atoms with Crippen LogP contribution in [0.3, 0.4) is 0 Å². The van der Waals surface area contributed by atoms with E-state index >= 15 is 0 Å². The molecular weight excluding hydrogens is 378 g/mol. The SMILES string of the molecule is O=C(NCCNC(=O)C1CCCCC1)c1ccc(S(=O)(=O)N2CCCC2)cc1. The van der Waals surface area contributed by atoms with E-state index in [1.807, 2.05) is 0 Å². The summed E-state index contributed by atoms with van der Waals surface area (Å²) in [6.45, 7) is 1.84. The van der Waals surface area contributed by atoms with Gasteiger partial charge in [0.25, 0.3) is 5.91 Å². The first kappa shape index (κ1) is 20.8. The lowest BCUT2D eigenvalue weighted by molar-refractivity contribution is -0.125. The molecule has 28 heavy (non-hydrogen) atoms. The largest absolute Gasteiger partial charge is 0.354 e. The van der Waals surface area contributed by atoms with Gasteiger partial charge in [0.15, 0.2) is 0 Å². The predicted octanol–water partition coefficient (Wildman–Crippen LogP) is 1.90. The Balaban J connectivity index is 1.45. The fourth-order valence-corrected chi connectivity index (χ4v) is 5.35. The Morgan fingerprint density at radius 1 is 0.893 bits per heavy atom. The molecule has 1 heterocycles. The van der Waals surface area contributed by atoms with E-state index in [0.717, 1.165) is 38.5 Å². The van der Waals surface area contributed by atoms with Crippen molar-refractivity contribution in [3.05, 3.63) is 29.8 Å². The zero-order valence-electron chi connectivity index (χ0n) is 16.2. The van der Waals surface area contributed by atoms with Gasteiger partial charge in [-0.2, -0.15) is 4.31 Å². The van der Waals surface area contributed by atoms with E-state index < -0.39 is 10.0 Å². The van der Waals surface area contributed by atoms with Crippen molar-refractivity contribution < 1.29 is 18.0 Å².